The van der Waals surface area contributed by atoms with E-state index in [1.165, 1.54) is 19.3 Å². The van der Waals surface area contributed by atoms with Crippen LogP contribution in [0.2, 0.25) is 0 Å². The van der Waals surface area contributed by atoms with Crippen molar-refractivity contribution in [3.63, 3.8) is 0 Å². The van der Waals surface area contributed by atoms with E-state index in [9.17, 15) is 18.0 Å². The van der Waals surface area contributed by atoms with E-state index in [0.29, 0.717) is 11.5 Å². The van der Waals surface area contributed by atoms with Gasteiger partial charge in [0.15, 0.2) is 5.78 Å². The van der Waals surface area contributed by atoms with E-state index >= 15 is 0 Å². The maximum atomic E-state index is 12.4. The summed E-state index contributed by atoms with van der Waals surface area (Å²) in [6.45, 7) is 1.46. The maximum absolute atomic E-state index is 12.4. The normalized spacial score (nSPS) is 14.8. The van der Waals surface area contributed by atoms with Gasteiger partial charge >= 0.3 is 6.18 Å². The number of ether oxygens (including phenoxy) is 1. The van der Waals surface area contributed by atoms with E-state index in [2.05, 4.69) is 9.84 Å². The minimum Gasteiger partial charge on any atom is -0.372 e. The van der Waals surface area contributed by atoms with Crippen molar-refractivity contribution in [2.45, 2.75) is 51.7 Å². The highest BCUT2D eigenvalue weighted by Gasteiger charge is 2.27. The second-order valence-corrected chi connectivity index (χ2v) is 7.01. The summed E-state index contributed by atoms with van der Waals surface area (Å²) in [6.07, 6.45) is 1.88. The molecule has 0 unspecified atom stereocenters. The summed E-state index contributed by atoms with van der Waals surface area (Å²) in [5.41, 5.74) is 2.35. The van der Waals surface area contributed by atoms with Crippen molar-refractivity contribution < 1.29 is 22.7 Å². The van der Waals surface area contributed by atoms with Gasteiger partial charge in [-0.25, -0.2) is 0 Å². The van der Waals surface area contributed by atoms with Crippen molar-refractivity contribution >= 4 is 29.1 Å². The number of alkyl halides is 3. The number of benzene rings is 1. The van der Waals surface area contributed by atoms with E-state index < -0.39 is 12.8 Å². The summed E-state index contributed by atoms with van der Waals surface area (Å²) in [5.74, 6) is 0.620. The fourth-order valence-corrected chi connectivity index (χ4v) is 3.27. The van der Waals surface area contributed by atoms with Crippen LogP contribution >= 0.6 is 12.4 Å². The lowest BCUT2D eigenvalue weighted by atomic mass is 9.85. The van der Waals surface area contributed by atoms with E-state index in [-0.39, 0.29) is 37.6 Å². The molecule has 0 radical (unpaired) electrons. The molecule has 0 amide bonds. The molecule has 0 saturated heterocycles. The summed E-state index contributed by atoms with van der Waals surface area (Å²) in [6, 6.07) is 3.60. The second kappa shape index (κ2) is 9.06. The summed E-state index contributed by atoms with van der Waals surface area (Å²) in [4.78, 5) is 12.4. The Hall–Kier alpha value is -1.60. The number of carbonyl (C=O) groups excluding carboxylic acids is 1. The van der Waals surface area contributed by atoms with Gasteiger partial charge in [-0.05, 0) is 49.8 Å². The number of ketones is 1. The number of aryl methyl sites for hydroxylation is 1. The van der Waals surface area contributed by atoms with Gasteiger partial charge < -0.3 is 4.74 Å². The van der Waals surface area contributed by atoms with Gasteiger partial charge in [0.1, 0.15) is 6.61 Å². The Morgan fingerprint density at radius 2 is 2.07 bits per heavy atom. The van der Waals surface area contributed by atoms with Crippen molar-refractivity contribution in [1.82, 2.24) is 9.78 Å². The summed E-state index contributed by atoms with van der Waals surface area (Å²) >= 11 is 0. The van der Waals surface area contributed by atoms with Crippen LogP contribution in [0.25, 0.3) is 10.9 Å². The highest BCUT2D eigenvalue weighted by molar-refractivity contribution is 6.01. The third kappa shape index (κ3) is 5.69. The molecule has 1 aliphatic carbocycles. The quantitative estimate of drug-likeness (QED) is 0.453. The van der Waals surface area contributed by atoms with Crippen LogP contribution in [0.5, 0.6) is 0 Å². The molecule has 2 aromatic rings. The van der Waals surface area contributed by atoms with Gasteiger partial charge in [0.05, 0.1) is 5.52 Å². The first-order chi connectivity index (χ1) is 12.3. The van der Waals surface area contributed by atoms with Crippen LogP contribution in [-0.4, -0.2) is 35.0 Å². The van der Waals surface area contributed by atoms with Crippen molar-refractivity contribution in [3.05, 3.63) is 29.5 Å². The second-order valence-electron chi connectivity index (χ2n) is 7.01. The smallest absolute Gasteiger partial charge is 0.372 e. The molecule has 1 aliphatic rings. The molecule has 1 aromatic carbocycles. The zero-order valence-electron chi connectivity index (χ0n) is 15.2. The van der Waals surface area contributed by atoms with Gasteiger partial charge in [-0.1, -0.05) is 6.42 Å². The van der Waals surface area contributed by atoms with E-state index in [4.69, 9.17) is 0 Å². The number of carbonyl (C=O) groups is 1. The Labute approximate surface area is 162 Å². The van der Waals surface area contributed by atoms with Crippen molar-refractivity contribution in [1.29, 1.82) is 0 Å². The van der Waals surface area contributed by atoms with E-state index in [1.807, 2.05) is 23.9 Å². The Bertz CT molecular complexity index is 785. The number of fused-ring (bicyclic) bond motifs is 1. The predicted octanol–water partition coefficient (Wildman–Crippen LogP) is 5.11. The predicted molar refractivity (Wildman–Crippen MR) is 99.5 cm³/mol. The Balaban J connectivity index is 0.00000261. The SMILES string of the molecule is Cc1c(C(=O)CCCOCC(F)(F)F)ccc2nn(CC3CCC3)cc12.Cl. The molecule has 0 atom stereocenters. The third-order valence-electron chi connectivity index (χ3n) is 4.93. The Morgan fingerprint density at radius 1 is 1.33 bits per heavy atom. The van der Waals surface area contributed by atoms with Crippen LogP contribution in [0.15, 0.2) is 18.3 Å². The number of halogens is 4. The van der Waals surface area contributed by atoms with Crippen LogP contribution in [0.4, 0.5) is 13.2 Å². The van der Waals surface area contributed by atoms with Crippen molar-refractivity contribution in [2.75, 3.05) is 13.2 Å². The molecular weight excluding hydrogens is 381 g/mol. The van der Waals surface area contributed by atoms with Gasteiger partial charge in [0.25, 0.3) is 0 Å². The van der Waals surface area contributed by atoms with Gasteiger partial charge in [-0.2, -0.15) is 18.3 Å². The molecule has 0 spiro atoms. The standard InChI is InChI=1S/C19H23F3N2O2.ClH/c1-13-15(18(25)6-3-9-26-12-19(20,21)22)7-8-17-16(13)11-24(23-17)10-14-4-2-5-14;/h7-8,11,14H,2-6,9-10,12H2,1H3;1H. The summed E-state index contributed by atoms with van der Waals surface area (Å²) < 4.78 is 42.6. The molecule has 1 fully saturated rings. The Morgan fingerprint density at radius 3 is 2.70 bits per heavy atom. The number of rotatable bonds is 8. The first-order valence-electron chi connectivity index (χ1n) is 8.98. The molecule has 0 bridgehead atoms. The van der Waals surface area contributed by atoms with Gasteiger partial charge in [-0.15, -0.1) is 12.4 Å². The molecule has 0 aliphatic heterocycles. The topological polar surface area (TPSA) is 44.1 Å². The van der Waals surface area contributed by atoms with Crippen molar-refractivity contribution in [2.24, 2.45) is 5.92 Å². The van der Waals surface area contributed by atoms with Crippen LogP contribution in [0.1, 0.15) is 48.0 Å². The molecule has 0 N–H and O–H groups in total. The monoisotopic (exact) mass is 404 g/mol. The zero-order chi connectivity index (χ0) is 18.7. The maximum Gasteiger partial charge on any atom is 0.411 e. The van der Waals surface area contributed by atoms with E-state index in [0.717, 1.165) is 23.0 Å². The molecule has 8 heteroatoms. The van der Waals surface area contributed by atoms with Crippen LogP contribution < -0.4 is 0 Å². The summed E-state index contributed by atoms with van der Waals surface area (Å²) in [7, 11) is 0. The fraction of sp³-hybridized carbons (Fsp3) is 0.579. The van der Waals surface area contributed by atoms with Gasteiger partial charge in [-0.3, -0.25) is 9.48 Å². The van der Waals surface area contributed by atoms with E-state index in [1.54, 1.807) is 6.07 Å². The minimum atomic E-state index is -4.33. The molecule has 1 heterocycles. The molecule has 27 heavy (non-hydrogen) atoms. The largest absolute Gasteiger partial charge is 0.411 e. The molecule has 150 valence electrons. The van der Waals surface area contributed by atoms with Crippen LogP contribution in [0, 0.1) is 12.8 Å². The molecule has 1 saturated carbocycles. The molecule has 1 aromatic heterocycles. The lowest BCUT2D eigenvalue weighted by Gasteiger charge is -2.24. The first kappa shape index (κ1) is 21.7. The highest BCUT2D eigenvalue weighted by Crippen LogP contribution is 2.29. The van der Waals surface area contributed by atoms with Crippen molar-refractivity contribution in [3.8, 4) is 0 Å². The number of hydrogen-bond acceptors (Lipinski definition) is 3. The molecule has 3 rings (SSSR count). The van der Waals surface area contributed by atoms with Crippen LogP contribution in [-0.2, 0) is 11.3 Å². The van der Waals surface area contributed by atoms with Gasteiger partial charge in [0.2, 0.25) is 0 Å². The lowest BCUT2D eigenvalue weighted by molar-refractivity contribution is -0.173. The minimum absolute atomic E-state index is 0. The Kier molecular flexibility index (Phi) is 7.28. The number of nitrogens with zero attached hydrogens (tertiary/aromatic N) is 2. The number of Topliss-reactive ketones (excluding diaryl/α,β-unsaturated/α-hetero) is 1. The fourth-order valence-electron chi connectivity index (χ4n) is 3.27. The number of aromatic nitrogens is 2. The average Bonchev–Trinajstić information content (AvgIpc) is 2.93. The molecular formula is C19H24ClF3N2O2. The third-order valence-corrected chi connectivity index (χ3v) is 4.93. The lowest BCUT2D eigenvalue weighted by Crippen LogP contribution is -2.18. The highest BCUT2D eigenvalue weighted by atomic mass is 35.5. The number of hydrogen-bond donors (Lipinski definition) is 0. The van der Waals surface area contributed by atoms with Gasteiger partial charge in [0, 0.05) is 36.7 Å². The first-order valence-corrected chi connectivity index (χ1v) is 8.98. The summed E-state index contributed by atoms with van der Waals surface area (Å²) in [5, 5.41) is 5.55. The zero-order valence-corrected chi connectivity index (χ0v) is 16.0. The molecule has 4 nitrogen and oxygen atoms in total. The average molecular weight is 405 g/mol. The van der Waals surface area contributed by atoms with Crippen LogP contribution in [0.3, 0.4) is 0 Å².